The number of hydrogen-bond acceptors (Lipinski definition) is 5. The molecule has 7 nitrogen and oxygen atoms in total. The lowest BCUT2D eigenvalue weighted by molar-refractivity contribution is -0.138. The fraction of sp³-hybridized carbons (Fsp3) is 0.308. The number of aliphatic hydroxyl groups is 1. The first kappa shape index (κ1) is 15.5. The van der Waals surface area contributed by atoms with Crippen LogP contribution >= 0.6 is 15.9 Å². The largest absolute Gasteiger partial charge is 0.479 e. The number of carboxylic acid groups (broad SMARTS) is 1. The van der Waals surface area contributed by atoms with Crippen LogP contribution in [0, 0.1) is 0 Å². The number of aliphatic hydroxyl groups excluding tert-OH is 1. The Hall–Kier alpha value is -1.93. The van der Waals surface area contributed by atoms with E-state index in [0.717, 1.165) is 4.47 Å². The number of aryl methyl sites for hydroxylation is 1. The van der Waals surface area contributed by atoms with E-state index in [1.54, 1.807) is 18.3 Å². The first-order valence-corrected chi connectivity index (χ1v) is 7.15. The Morgan fingerprint density at radius 3 is 2.71 bits per heavy atom. The lowest BCUT2D eigenvalue weighted by Crippen LogP contribution is -2.20. The molecular weight excluding hydrogens is 340 g/mol. The normalized spacial score (nSPS) is 12.1. The Kier molecular flexibility index (Phi) is 5.29. The van der Waals surface area contributed by atoms with Gasteiger partial charge in [0.25, 0.3) is 0 Å². The molecule has 0 spiro atoms. The zero-order chi connectivity index (χ0) is 15.2. The van der Waals surface area contributed by atoms with Gasteiger partial charge in [0.05, 0.1) is 6.20 Å². The van der Waals surface area contributed by atoms with E-state index < -0.39 is 12.0 Å². The molecule has 2 rings (SSSR count). The maximum atomic E-state index is 11.4. The van der Waals surface area contributed by atoms with Crippen LogP contribution in [0.15, 0.2) is 34.9 Å². The van der Waals surface area contributed by atoms with Crippen LogP contribution in [-0.4, -0.2) is 37.8 Å². The van der Waals surface area contributed by atoms with Crippen LogP contribution in [0.25, 0.3) is 0 Å². The molecule has 0 aliphatic rings. The highest BCUT2D eigenvalue weighted by molar-refractivity contribution is 9.10. The minimum Gasteiger partial charge on any atom is -0.479 e. The summed E-state index contributed by atoms with van der Waals surface area (Å²) in [6.07, 6.45) is 2.11. The number of carbonyl (C=O) groups is 1. The molecule has 112 valence electrons. The summed E-state index contributed by atoms with van der Waals surface area (Å²) in [5, 5.41) is 28.8. The molecule has 3 N–H and O–H groups in total. The van der Waals surface area contributed by atoms with Crippen molar-refractivity contribution in [3.8, 4) is 0 Å². The minimum absolute atomic E-state index is 0.0503. The SMILES string of the molecule is O=C(O)C(Nc1ccc(Br)cc1)c1cn(CCCO)nn1. The molecule has 1 unspecified atom stereocenters. The van der Waals surface area contributed by atoms with Crippen molar-refractivity contribution in [1.29, 1.82) is 0 Å². The Bertz CT molecular complexity index is 600. The van der Waals surface area contributed by atoms with E-state index in [9.17, 15) is 9.90 Å². The van der Waals surface area contributed by atoms with E-state index in [1.165, 1.54) is 4.68 Å². The molecule has 1 aromatic heterocycles. The highest BCUT2D eigenvalue weighted by atomic mass is 79.9. The summed E-state index contributed by atoms with van der Waals surface area (Å²) in [5.41, 5.74) is 0.999. The molecule has 0 aliphatic carbocycles. The summed E-state index contributed by atoms with van der Waals surface area (Å²) >= 11 is 3.32. The van der Waals surface area contributed by atoms with Gasteiger partial charge in [-0.1, -0.05) is 21.1 Å². The molecule has 0 aliphatic heterocycles. The number of hydrogen-bond donors (Lipinski definition) is 3. The van der Waals surface area contributed by atoms with Gasteiger partial charge in [-0.3, -0.25) is 4.68 Å². The van der Waals surface area contributed by atoms with Crippen LogP contribution in [0.2, 0.25) is 0 Å². The number of anilines is 1. The average molecular weight is 355 g/mol. The average Bonchev–Trinajstić information content (AvgIpc) is 2.92. The van der Waals surface area contributed by atoms with Crippen molar-refractivity contribution in [2.75, 3.05) is 11.9 Å². The molecule has 0 saturated heterocycles. The molecular formula is C13H15BrN4O3. The summed E-state index contributed by atoms with van der Waals surface area (Å²) < 4.78 is 2.43. The van der Waals surface area contributed by atoms with E-state index in [4.69, 9.17) is 5.11 Å². The second-order valence-electron chi connectivity index (χ2n) is 4.41. The number of aliphatic carboxylic acids is 1. The van der Waals surface area contributed by atoms with Gasteiger partial charge in [0.1, 0.15) is 5.69 Å². The third-order valence-corrected chi connectivity index (χ3v) is 3.33. The summed E-state index contributed by atoms with van der Waals surface area (Å²) in [6, 6.07) is 6.21. The maximum absolute atomic E-state index is 11.4. The van der Waals surface area contributed by atoms with Crippen LogP contribution < -0.4 is 5.32 Å². The predicted molar refractivity (Wildman–Crippen MR) is 79.9 cm³/mol. The standard InChI is InChI=1S/C13H15BrN4O3/c14-9-2-4-10(5-3-9)15-12(13(20)21)11-8-18(17-16-11)6-1-7-19/h2-5,8,12,15,19H,1,6-7H2,(H,20,21). The Morgan fingerprint density at radius 2 is 2.10 bits per heavy atom. The predicted octanol–water partition coefficient (Wildman–Crippen LogP) is 1.66. The lowest BCUT2D eigenvalue weighted by Gasteiger charge is -2.13. The third kappa shape index (κ3) is 4.27. The van der Waals surface area contributed by atoms with Crippen LogP contribution in [-0.2, 0) is 11.3 Å². The summed E-state index contributed by atoms with van der Waals surface area (Å²) in [5.74, 6) is -1.04. The molecule has 0 fully saturated rings. The van der Waals surface area contributed by atoms with Crippen molar-refractivity contribution in [2.24, 2.45) is 0 Å². The van der Waals surface area contributed by atoms with Crippen LogP contribution in [0.4, 0.5) is 5.69 Å². The monoisotopic (exact) mass is 354 g/mol. The number of rotatable bonds is 7. The zero-order valence-corrected chi connectivity index (χ0v) is 12.7. The van der Waals surface area contributed by atoms with Gasteiger partial charge in [0.2, 0.25) is 0 Å². The van der Waals surface area contributed by atoms with Crippen molar-refractivity contribution in [3.05, 3.63) is 40.6 Å². The van der Waals surface area contributed by atoms with E-state index >= 15 is 0 Å². The molecule has 21 heavy (non-hydrogen) atoms. The quantitative estimate of drug-likeness (QED) is 0.699. The smallest absolute Gasteiger partial charge is 0.332 e. The zero-order valence-electron chi connectivity index (χ0n) is 11.1. The molecule has 1 atom stereocenters. The molecule has 0 bridgehead atoms. The van der Waals surface area contributed by atoms with Gasteiger partial charge >= 0.3 is 5.97 Å². The van der Waals surface area contributed by atoms with Crippen LogP contribution in [0.5, 0.6) is 0 Å². The highest BCUT2D eigenvalue weighted by Gasteiger charge is 2.23. The van der Waals surface area contributed by atoms with Gasteiger partial charge in [0, 0.05) is 23.3 Å². The first-order valence-electron chi connectivity index (χ1n) is 6.36. The number of benzene rings is 1. The maximum Gasteiger partial charge on any atom is 0.332 e. The van der Waals surface area contributed by atoms with Crippen molar-refractivity contribution >= 4 is 27.6 Å². The topological polar surface area (TPSA) is 100 Å². The number of nitrogens with one attached hydrogen (secondary N) is 1. The van der Waals surface area contributed by atoms with Gasteiger partial charge in [-0.25, -0.2) is 4.79 Å². The Morgan fingerprint density at radius 1 is 1.38 bits per heavy atom. The van der Waals surface area contributed by atoms with Gasteiger partial charge in [-0.2, -0.15) is 0 Å². The molecule has 1 aromatic carbocycles. The number of carboxylic acids is 1. The van der Waals surface area contributed by atoms with Gasteiger partial charge in [-0.05, 0) is 30.7 Å². The summed E-state index contributed by atoms with van der Waals surface area (Å²) in [7, 11) is 0. The lowest BCUT2D eigenvalue weighted by atomic mass is 10.2. The number of nitrogens with zero attached hydrogens (tertiary/aromatic N) is 3. The second-order valence-corrected chi connectivity index (χ2v) is 5.32. The fourth-order valence-corrected chi connectivity index (χ4v) is 2.03. The molecule has 0 amide bonds. The molecule has 0 radical (unpaired) electrons. The van der Waals surface area contributed by atoms with Gasteiger partial charge < -0.3 is 15.5 Å². The Balaban J connectivity index is 2.13. The van der Waals surface area contributed by atoms with Crippen molar-refractivity contribution in [1.82, 2.24) is 15.0 Å². The fourth-order valence-electron chi connectivity index (χ4n) is 1.76. The van der Waals surface area contributed by atoms with Crippen molar-refractivity contribution < 1.29 is 15.0 Å². The molecule has 8 heteroatoms. The minimum atomic E-state index is -1.04. The van der Waals surface area contributed by atoms with E-state index in [1.807, 2.05) is 12.1 Å². The molecule has 2 aromatic rings. The molecule has 1 heterocycles. The Labute approximate surface area is 129 Å². The number of aromatic nitrogens is 3. The first-order chi connectivity index (χ1) is 10.1. The summed E-state index contributed by atoms with van der Waals surface area (Å²) in [6.45, 7) is 0.544. The second kappa shape index (κ2) is 7.19. The van der Waals surface area contributed by atoms with Gasteiger partial charge in [0.15, 0.2) is 6.04 Å². The van der Waals surface area contributed by atoms with Crippen molar-refractivity contribution in [2.45, 2.75) is 19.0 Å². The summed E-state index contributed by atoms with van der Waals surface area (Å²) in [4.78, 5) is 11.4. The highest BCUT2D eigenvalue weighted by Crippen LogP contribution is 2.20. The van der Waals surface area contributed by atoms with Crippen LogP contribution in [0.1, 0.15) is 18.2 Å². The van der Waals surface area contributed by atoms with Gasteiger partial charge in [-0.15, -0.1) is 5.10 Å². The van der Waals surface area contributed by atoms with E-state index in [2.05, 4.69) is 31.6 Å². The van der Waals surface area contributed by atoms with E-state index in [0.29, 0.717) is 24.3 Å². The van der Waals surface area contributed by atoms with Crippen LogP contribution in [0.3, 0.4) is 0 Å². The molecule has 0 saturated carbocycles. The third-order valence-electron chi connectivity index (χ3n) is 2.80. The van der Waals surface area contributed by atoms with Crippen molar-refractivity contribution in [3.63, 3.8) is 0 Å². The van der Waals surface area contributed by atoms with E-state index in [-0.39, 0.29) is 6.61 Å². The number of halogens is 1.